The highest BCUT2D eigenvalue weighted by Crippen LogP contribution is 2.33. The third kappa shape index (κ3) is 2.95. The Morgan fingerprint density at radius 2 is 1.78 bits per heavy atom. The van der Waals surface area contributed by atoms with E-state index >= 15 is 0 Å². The van der Waals surface area contributed by atoms with E-state index in [0.717, 1.165) is 22.8 Å². The lowest BCUT2D eigenvalue weighted by Crippen LogP contribution is -2.13. The molecule has 0 spiro atoms. The van der Waals surface area contributed by atoms with Crippen molar-refractivity contribution in [1.82, 2.24) is 0 Å². The van der Waals surface area contributed by atoms with E-state index in [0.29, 0.717) is 11.7 Å². The first-order chi connectivity index (χ1) is 8.09. The van der Waals surface area contributed by atoms with E-state index in [1.54, 1.807) is 6.07 Å². The lowest BCUT2D eigenvalue weighted by molar-refractivity contribution is 0.447. The molecule has 0 bridgehead atoms. The summed E-state index contributed by atoms with van der Waals surface area (Å²) in [6.45, 7) is 4.28. The average molecular weight is 266 g/mol. The van der Waals surface area contributed by atoms with Gasteiger partial charge in [-0.15, -0.1) is 12.4 Å². The van der Waals surface area contributed by atoms with Crippen molar-refractivity contribution >= 4 is 23.2 Å². The van der Waals surface area contributed by atoms with Crippen molar-refractivity contribution in [3.8, 4) is 5.75 Å². The molecule has 18 heavy (non-hydrogen) atoms. The topological polar surface area (TPSA) is 46.2 Å². The number of hydrogen-bond acceptors (Lipinski definition) is 2. The smallest absolute Gasteiger partial charge is 0.120 e. The quantitative estimate of drug-likeness (QED) is 0.881. The molecule has 2 aromatic rings. The van der Waals surface area contributed by atoms with E-state index < -0.39 is 0 Å². The van der Waals surface area contributed by atoms with Crippen molar-refractivity contribution in [2.45, 2.75) is 26.3 Å². The van der Waals surface area contributed by atoms with Crippen LogP contribution in [-0.2, 0) is 0 Å². The molecule has 0 aliphatic rings. The van der Waals surface area contributed by atoms with Gasteiger partial charge in [-0.05, 0) is 29.2 Å². The minimum atomic E-state index is -0.110. The first-order valence-corrected chi connectivity index (χ1v) is 6.05. The van der Waals surface area contributed by atoms with Gasteiger partial charge >= 0.3 is 0 Å². The Kier molecular flexibility index (Phi) is 5.00. The Morgan fingerprint density at radius 3 is 2.44 bits per heavy atom. The second-order valence-corrected chi connectivity index (χ2v) is 4.96. The SMILES string of the molecule is CC(C)C[C@@H](N)c1c(O)ccc2ccccc12.Cl. The fourth-order valence-electron chi connectivity index (χ4n) is 2.30. The number of phenolic OH excluding ortho intramolecular Hbond substituents is 1. The first-order valence-electron chi connectivity index (χ1n) is 6.05. The fourth-order valence-corrected chi connectivity index (χ4v) is 2.30. The Balaban J connectivity index is 0.00000162. The third-order valence-electron chi connectivity index (χ3n) is 3.04. The van der Waals surface area contributed by atoms with Crippen molar-refractivity contribution in [3.05, 3.63) is 42.0 Å². The molecule has 2 aromatic carbocycles. The van der Waals surface area contributed by atoms with Gasteiger partial charge in [0, 0.05) is 11.6 Å². The third-order valence-corrected chi connectivity index (χ3v) is 3.04. The molecule has 0 radical (unpaired) electrons. The van der Waals surface area contributed by atoms with Crippen molar-refractivity contribution in [2.24, 2.45) is 11.7 Å². The predicted molar refractivity (Wildman–Crippen MR) is 79.2 cm³/mol. The highest BCUT2D eigenvalue weighted by molar-refractivity contribution is 5.88. The molecule has 0 aliphatic heterocycles. The van der Waals surface area contributed by atoms with E-state index in [9.17, 15) is 5.11 Å². The molecule has 0 unspecified atom stereocenters. The normalized spacial score (nSPS) is 12.4. The van der Waals surface area contributed by atoms with Crippen LogP contribution >= 0.6 is 12.4 Å². The number of hydrogen-bond donors (Lipinski definition) is 2. The molecule has 0 amide bonds. The summed E-state index contributed by atoms with van der Waals surface area (Å²) in [6, 6.07) is 11.6. The van der Waals surface area contributed by atoms with E-state index in [2.05, 4.69) is 13.8 Å². The number of benzene rings is 2. The zero-order valence-electron chi connectivity index (χ0n) is 10.8. The van der Waals surface area contributed by atoms with Crippen LogP contribution in [-0.4, -0.2) is 5.11 Å². The van der Waals surface area contributed by atoms with Gasteiger partial charge in [0.1, 0.15) is 5.75 Å². The second kappa shape index (κ2) is 6.07. The summed E-state index contributed by atoms with van der Waals surface area (Å²) in [6.07, 6.45) is 0.877. The van der Waals surface area contributed by atoms with Crippen molar-refractivity contribution < 1.29 is 5.11 Å². The second-order valence-electron chi connectivity index (χ2n) is 4.96. The number of aromatic hydroxyl groups is 1. The zero-order chi connectivity index (χ0) is 12.4. The lowest BCUT2D eigenvalue weighted by atomic mass is 9.93. The molecular formula is C15H20ClNO. The van der Waals surface area contributed by atoms with E-state index in [1.165, 1.54) is 0 Å². The van der Waals surface area contributed by atoms with Crippen LogP contribution in [0.2, 0.25) is 0 Å². The van der Waals surface area contributed by atoms with Crippen molar-refractivity contribution in [3.63, 3.8) is 0 Å². The number of nitrogens with two attached hydrogens (primary N) is 1. The van der Waals surface area contributed by atoms with Crippen LogP contribution in [0.15, 0.2) is 36.4 Å². The molecule has 98 valence electrons. The molecule has 0 aromatic heterocycles. The van der Waals surface area contributed by atoms with Crippen LogP contribution in [0.3, 0.4) is 0 Å². The molecule has 3 N–H and O–H groups in total. The molecule has 2 nitrogen and oxygen atoms in total. The molecule has 3 heteroatoms. The number of rotatable bonds is 3. The molecule has 0 saturated heterocycles. The molecule has 0 aliphatic carbocycles. The van der Waals surface area contributed by atoms with Crippen LogP contribution in [0.4, 0.5) is 0 Å². The summed E-state index contributed by atoms with van der Waals surface area (Å²) in [5.41, 5.74) is 7.07. The molecule has 0 fully saturated rings. The fraction of sp³-hybridized carbons (Fsp3) is 0.333. The Labute approximate surface area is 114 Å². The minimum Gasteiger partial charge on any atom is -0.508 e. The van der Waals surface area contributed by atoms with E-state index in [-0.39, 0.29) is 18.4 Å². The standard InChI is InChI=1S/C15H19NO.ClH/c1-10(2)9-13(16)15-12-6-4-3-5-11(12)7-8-14(15)17;/h3-8,10,13,17H,9,16H2,1-2H3;1H/t13-;/m1./s1. The van der Waals surface area contributed by atoms with Gasteiger partial charge in [0.05, 0.1) is 0 Å². The Morgan fingerprint density at radius 1 is 1.11 bits per heavy atom. The summed E-state index contributed by atoms with van der Waals surface area (Å²) in [5, 5.41) is 12.2. The molecule has 1 atom stereocenters. The number of phenols is 1. The van der Waals surface area contributed by atoms with Crippen LogP contribution in [0.1, 0.15) is 31.9 Å². The van der Waals surface area contributed by atoms with Gasteiger partial charge in [-0.1, -0.05) is 44.2 Å². The maximum absolute atomic E-state index is 10.0. The van der Waals surface area contributed by atoms with Crippen LogP contribution in [0.5, 0.6) is 5.75 Å². The molecule has 2 rings (SSSR count). The molecule has 0 heterocycles. The van der Waals surface area contributed by atoms with Crippen LogP contribution in [0, 0.1) is 5.92 Å². The maximum atomic E-state index is 10.0. The van der Waals surface area contributed by atoms with Gasteiger partial charge in [0.15, 0.2) is 0 Å². The zero-order valence-corrected chi connectivity index (χ0v) is 11.6. The Hall–Kier alpha value is -1.25. The highest BCUT2D eigenvalue weighted by Gasteiger charge is 2.15. The summed E-state index contributed by atoms with van der Waals surface area (Å²) < 4.78 is 0. The number of fused-ring (bicyclic) bond motifs is 1. The van der Waals surface area contributed by atoms with Crippen molar-refractivity contribution in [2.75, 3.05) is 0 Å². The summed E-state index contributed by atoms with van der Waals surface area (Å²) in [4.78, 5) is 0. The van der Waals surface area contributed by atoms with Crippen LogP contribution in [0.25, 0.3) is 10.8 Å². The molecular weight excluding hydrogens is 246 g/mol. The van der Waals surface area contributed by atoms with E-state index in [1.807, 2.05) is 30.3 Å². The molecule has 0 saturated carbocycles. The largest absolute Gasteiger partial charge is 0.508 e. The lowest BCUT2D eigenvalue weighted by Gasteiger charge is -2.18. The monoisotopic (exact) mass is 265 g/mol. The maximum Gasteiger partial charge on any atom is 0.120 e. The van der Waals surface area contributed by atoms with Gasteiger partial charge in [-0.2, -0.15) is 0 Å². The minimum absolute atomic E-state index is 0. The summed E-state index contributed by atoms with van der Waals surface area (Å²) in [5.74, 6) is 0.820. The summed E-state index contributed by atoms with van der Waals surface area (Å²) in [7, 11) is 0. The van der Waals surface area contributed by atoms with Gasteiger partial charge in [-0.25, -0.2) is 0 Å². The Bertz CT molecular complexity index is 525. The van der Waals surface area contributed by atoms with Crippen LogP contribution < -0.4 is 5.73 Å². The summed E-state index contributed by atoms with van der Waals surface area (Å²) >= 11 is 0. The van der Waals surface area contributed by atoms with Gasteiger partial charge in [0.2, 0.25) is 0 Å². The number of halogens is 1. The van der Waals surface area contributed by atoms with E-state index in [4.69, 9.17) is 5.73 Å². The van der Waals surface area contributed by atoms with Crippen molar-refractivity contribution in [1.29, 1.82) is 0 Å². The predicted octanol–water partition coefficient (Wildman–Crippen LogP) is 4.01. The first kappa shape index (κ1) is 14.8. The highest BCUT2D eigenvalue weighted by atomic mass is 35.5. The average Bonchev–Trinajstić information content (AvgIpc) is 2.27. The van der Waals surface area contributed by atoms with Gasteiger partial charge < -0.3 is 10.8 Å². The van der Waals surface area contributed by atoms with Gasteiger partial charge in [0.25, 0.3) is 0 Å². The van der Waals surface area contributed by atoms with Gasteiger partial charge in [-0.3, -0.25) is 0 Å².